The zero-order chi connectivity index (χ0) is 21.3. The Balaban J connectivity index is 1.75. The Bertz CT molecular complexity index is 1110. The Morgan fingerprint density at radius 1 is 1.13 bits per heavy atom. The minimum atomic E-state index is -0.0624. The van der Waals surface area contributed by atoms with Crippen LogP contribution in [0.25, 0.3) is 22.2 Å². The van der Waals surface area contributed by atoms with Crippen LogP contribution in [0.1, 0.15) is 39.2 Å². The number of carbonyl (C=O) groups is 1. The topological polar surface area (TPSA) is 60.1 Å². The fraction of sp³-hybridized carbons (Fsp3) is 0.435. The van der Waals surface area contributed by atoms with Crippen molar-refractivity contribution in [2.45, 2.75) is 44.3 Å². The van der Waals surface area contributed by atoms with E-state index in [0.717, 1.165) is 37.1 Å². The Kier molecular flexibility index (Phi) is 5.99. The fourth-order valence-corrected chi connectivity index (χ4v) is 5.10. The summed E-state index contributed by atoms with van der Waals surface area (Å²) in [6.45, 7) is 5.62. The lowest BCUT2D eigenvalue weighted by molar-refractivity contribution is -0.129. The molecule has 4 rings (SSSR count). The molecule has 1 fully saturated rings. The molecule has 1 aliphatic heterocycles. The smallest absolute Gasteiger partial charge is 0.278 e. The van der Waals surface area contributed by atoms with Gasteiger partial charge in [-0.1, -0.05) is 42.1 Å². The van der Waals surface area contributed by atoms with Gasteiger partial charge in [0.1, 0.15) is 11.0 Å². The van der Waals surface area contributed by atoms with Crippen LogP contribution in [0.15, 0.2) is 46.5 Å². The van der Waals surface area contributed by atoms with E-state index in [1.165, 1.54) is 18.2 Å². The van der Waals surface area contributed by atoms with Crippen molar-refractivity contribution in [2.24, 2.45) is 7.05 Å². The number of nitrogens with zero attached hydrogens (tertiary/aromatic N) is 4. The van der Waals surface area contributed by atoms with Gasteiger partial charge < -0.3 is 9.47 Å². The Morgan fingerprint density at radius 2 is 1.83 bits per heavy atom. The number of aromatic nitrogens is 3. The minimum Gasteiger partial charge on any atom is -0.344 e. The number of hydrogen-bond donors (Lipinski definition) is 0. The number of rotatable bonds is 5. The highest BCUT2D eigenvalue weighted by Crippen LogP contribution is 2.30. The van der Waals surface area contributed by atoms with Crippen molar-refractivity contribution in [2.75, 3.05) is 18.8 Å². The first-order chi connectivity index (χ1) is 14.5. The molecule has 30 heavy (non-hydrogen) atoms. The van der Waals surface area contributed by atoms with E-state index in [1.54, 1.807) is 4.57 Å². The lowest BCUT2D eigenvalue weighted by atomic mass is 10.1. The molecule has 0 bridgehead atoms. The highest BCUT2D eigenvalue weighted by atomic mass is 32.2. The summed E-state index contributed by atoms with van der Waals surface area (Å²) in [7, 11) is 1.88. The van der Waals surface area contributed by atoms with Gasteiger partial charge in [-0.3, -0.25) is 14.2 Å². The predicted octanol–water partition coefficient (Wildman–Crippen LogP) is 4.09. The van der Waals surface area contributed by atoms with Crippen LogP contribution < -0.4 is 5.56 Å². The number of aryl methyl sites for hydroxylation is 1. The summed E-state index contributed by atoms with van der Waals surface area (Å²) < 4.78 is 3.57. The molecule has 3 heterocycles. The number of amides is 1. The van der Waals surface area contributed by atoms with Gasteiger partial charge in [0.05, 0.1) is 5.75 Å². The van der Waals surface area contributed by atoms with E-state index >= 15 is 0 Å². The molecular weight excluding hydrogens is 396 g/mol. The third-order valence-corrected chi connectivity index (χ3v) is 6.56. The molecule has 6 nitrogen and oxygen atoms in total. The quantitative estimate of drug-likeness (QED) is 0.457. The van der Waals surface area contributed by atoms with Crippen molar-refractivity contribution in [3.8, 4) is 11.1 Å². The molecule has 1 aliphatic rings. The van der Waals surface area contributed by atoms with Crippen LogP contribution in [0.5, 0.6) is 0 Å². The first-order valence-corrected chi connectivity index (χ1v) is 11.5. The van der Waals surface area contributed by atoms with Crippen molar-refractivity contribution in [1.29, 1.82) is 0 Å². The Labute approximate surface area is 180 Å². The number of hydrogen-bond acceptors (Lipinski definition) is 4. The highest BCUT2D eigenvalue weighted by molar-refractivity contribution is 7.99. The molecule has 0 atom stereocenters. The molecule has 1 saturated heterocycles. The summed E-state index contributed by atoms with van der Waals surface area (Å²) in [5.41, 5.74) is 3.18. The summed E-state index contributed by atoms with van der Waals surface area (Å²) in [6.07, 6.45) is 5.30. The summed E-state index contributed by atoms with van der Waals surface area (Å²) in [5, 5.41) is 0.608. The van der Waals surface area contributed by atoms with Gasteiger partial charge in [-0.25, -0.2) is 4.98 Å². The number of fused-ring (bicyclic) bond motifs is 1. The third-order valence-electron chi connectivity index (χ3n) is 5.62. The second-order valence-electron chi connectivity index (χ2n) is 8.11. The van der Waals surface area contributed by atoms with Crippen LogP contribution in [-0.2, 0) is 11.8 Å². The van der Waals surface area contributed by atoms with Crippen molar-refractivity contribution >= 4 is 28.7 Å². The summed E-state index contributed by atoms with van der Waals surface area (Å²) in [6, 6.07) is 9.94. The summed E-state index contributed by atoms with van der Waals surface area (Å²) in [4.78, 5) is 32.9. The van der Waals surface area contributed by atoms with Gasteiger partial charge in [-0.2, -0.15) is 0 Å². The van der Waals surface area contributed by atoms with E-state index in [0.29, 0.717) is 21.9 Å². The fourth-order valence-electron chi connectivity index (χ4n) is 4.08. The lowest BCUT2D eigenvalue weighted by Gasteiger charge is -2.26. The zero-order valence-corrected chi connectivity index (χ0v) is 18.6. The maximum Gasteiger partial charge on any atom is 0.278 e. The average molecular weight is 425 g/mol. The van der Waals surface area contributed by atoms with Gasteiger partial charge >= 0.3 is 0 Å². The summed E-state index contributed by atoms with van der Waals surface area (Å²) >= 11 is 1.37. The van der Waals surface area contributed by atoms with E-state index in [4.69, 9.17) is 4.98 Å². The number of thioether (sulfide) groups is 1. The van der Waals surface area contributed by atoms with Gasteiger partial charge in [0.2, 0.25) is 5.91 Å². The second-order valence-corrected chi connectivity index (χ2v) is 9.05. The number of benzene rings is 1. The molecule has 158 valence electrons. The molecule has 0 unspecified atom stereocenters. The van der Waals surface area contributed by atoms with Crippen LogP contribution in [0.2, 0.25) is 0 Å². The van der Waals surface area contributed by atoms with Gasteiger partial charge in [-0.15, -0.1) is 0 Å². The Hall–Kier alpha value is -2.54. The standard InChI is InChI=1S/C23H28N4O2S/c1-16(2)27-22(29)21-20(18(14-25(21)3)17-10-6-4-7-11-17)24-23(27)30-15-19(28)26-12-8-5-9-13-26/h4,6-7,10-11,14,16H,5,8-9,12-13,15H2,1-3H3. The van der Waals surface area contributed by atoms with E-state index in [-0.39, 0.29) is 17.5 Å². The van der Waals surface area contributed by atoms with Crippen LogP contribution in [-0.4, -0.2) is 43.8 Å². The summed E-state index contributed by atoms with van der Waals surface area (Å²) in [5.74, 6) is 0.429. The number of likely N-dealkylation sites (tertiary alicyclic amines) is 1. The van der Waals surface area contributed by atoms with E-state index < -0.39 is 0 Å². The van der Waals surface area contributed by atoms with Crippen LogP contribution >= 0.6 is 11.8 Å². The second kappa shape index (κ2) is 8.68. The molecular formula is C23H28N4O2S. The molecule has 2 aromatic heterocycles. The van der Waals surface area contributed by atoms with E-state index in [2.05, 4.69) is 0 Å². The molecule has 0 aliphatic carbocycles. The molecule has 0 radical (unpaired) electrons. The molecule has 1 aromatic carbocycles. The van der Waals surface area contributed by atoms with Crippen LogP contribution in [0.3, 0.4) is 0 Å². The van der Waals surface area contributed by atoms with Gasteiger partial charge in [-0.05, 0) is 38.7 Å². The lowest BCUT2D eigenvalue weighted by Crippen LogP contribution is -2.37. The van der Waals surface area contributed by atoms with Crippen LogP contribution in [0.4, 0.5) is 0 Å². The van der Waals surface area contributed by atoms with Crippen molar-refractivity contribution in [3.05, 3.63) is 46.9 Å². The number of carbonyl (C=O) groups excluding carboxylic acids is 1. The van der Waals surface area contributed by atoms with E-state index in [1.807, 2.05) is 66.9 Å². The van der Waals surface area contributed by atoms with Gasteiger partial charge in [0, 0.05) is 37.9 Å². The normalized spacial score (nSPS) is 14.6. The first kappa shape index (κ1) is 20.7. The molecule has 7 heteroatoms. The highest BCUT2D eigenvalue weighted by Gasteiger charge is 2.22. The average Bonchev–Trinajstić information content (AvgIpc) is 3.09. The molecule has 0 spiro atoms. The minimum absolute atomic E-state index is 0.0444. The van der Waals surface area contributed by atoms with Gasteiger partial charge in [0.15, 0.2) is 5.16 Å². The van der Waals surface area contributed by atoms with Crippen molar-refractivity contribution in [3.63, 3.8) is 0 Å². The third kappa shape index (κ3) is 3.90. The van der Waals surface area contributed by atoms with Gasteiger partial charge in [0.25, 0.3) is 5.56 Å². The molecule has 1 amide bonds. The maximum atomic E-state index is 13.4. The monoisotopic (exact) mass is 424 g/mol. The molecule has 0 saturated carbocycles. The molecule has 3 aromatic rings. The zero-order valence-electron chi connectivity index (χ0n) is 17.8. The maximum absolute atomic E-state index is 13.4. The predicted molar refractivity (Wildman–Crippen MR) is 122 cm³/mol. The number of piperidine rings is 1. The first-order valence-electron chi connectivity index (χ1n) is 10.5. The van der Waals surface area contributed by atoms with Crippen molar-refractivity contribution in [1.82, 2.24) is 19.0 Å². The largest absolute Gasteiger partial charge is 0.344 e. The van der Waals surface area contributed by atoms with Crippen molar-refractivity contribution < 1.29 is 4.79 Å². The van der Waals surface area contributed by atoms with E-state index in [9.17, 15) is 9.59 Å². The SMILES string of the molecule is CC(C)n1c(SCC(=O)N2CCCCC2)nc2c(-c3ccccc3)cn(C)c2c1=O. The van der Waals surface area contributed by atoms with Crippen LogP contribution in [0, 0.1) is 0 Å². The molecule has 0 N–H and O–H groups in total. The Morgan fingerprint density at radius 3 is 2.50 bits per heavy atom.